The molecule has 4 nitrogen and oxygen atoms in total. The molecule has 0 unspecified atom stereocenters. The fourth-order valence-corrected chi connectivity index (χ4v) is 1.68. The lowest BCUT2D eigenvalue weighted by Gasteiger charge is -2.32. The normalized spacial score (nSPS) is 22.4. The molecule has 0 saturated carbocycles. The van der Waals surface area contributed by atoms with Crippen molar-refractivity contribution in [2.45, 2.75) is 45.2 Å². The third-order valence-corrected chi connectivity index (χ3v) is 3.32. The Bertz CT molecular complexity index is 352. The molecular weight excluding hydrogens is 203 g/mol. The SMILES string of the molecule is CC1(C)OB(Cc2cncnc2)OC1(C)C. The van der Waals surface area contributed by atoms with Gasteiger partial charge in [0, 0.05) is 18.7 Å². The second kappa shape index (κ2) is 3.82. The van der Waals surface area contributed by atoms with Gasteiger partial charge in [0.15, 0.2) is 0 Å². The quantitative estimate of drug-likeness (QED) is 0.711. The molecule has 0 bridgehead atoms. The van der Waals surface area contributed by atoms with E-state index in [0.29, 0.717) is 6.32 Å². The van der Waals surface area contributed by atoms with Crippen LogP contribution in [0.1, 0.15) is 33.3 Å². The number of rotatable bonds is 2. The van der Waals surface area contributed by atoms with Crippen molar-refractivity contribution < 1.29 is 9.31 Å². The Hall–Kier alpha value is -0.935. The van der Waals surface area contributed by atoms with E-state index in [0.717, 1.165) is 5.56 Å². The summed E-state index contributed by atoms with van der Waals surface area (Å²) in [6.45, 7) is 8.20. The molecular formula is C11H17BN2O2. The van der Waals surface area contributed by atoms with Gasteiger partial charge in [-0.2, -0.15) is 0 Å². The summed E-state index contributed by atoms with van der Waals surface area (Å²) in [7, 11) is -0.212. The van der Waals surface area contributed by atoms with Crippen LogP contribution < -0.4 is 0 Å². The molecule has 2 rings (SSSR count). The molecule has 1 aromatic heterocycles. The first-order chi connectivity index (χ1) is 7.41. The topological polar surface area (TPSA) is 44.2 Å². The Morgan fingerprint density at radius 1 is 1.06 bits per heavy atom. The predicted molar refractivity (Wildman–Crippen MR) is 61.8 cm³/mol. The van der Waals surface area contributed by atoms with Crippen LogP contribution in [0.3, 0.4) is 0 Å². The van der Waals surface area contributed by atoms with E-state index in [9.17, 15) is 0 Å². The van der Waals surface area contributed by atoms with Crippen LogP contribution in [-0.4, -0.2) is 28.3 Å². The van der Waals surface area contributed by atoms with Crippen molar-refractivity contribution in [1.82, 2.24) is 9.97 Å². The summed E-state index contributed by atoms with van der Waals surface area (Å²) in [5, 5.41) is 0. The molecule has 2 heterocycles. The van der Waals surface area contributed by atoms with Gasteiger partial charge in [-0.05, 0) is 33.3 Å². The Kier molecular flexibility index (Phi) is 2.76. The molecule has 0 N–H and O–H groups in total. The number of hydrogen-bond acceptors (Lipinski definition) is 4. The van der Waals surface area contributed by atoms with E-state index in [2.05, 4.69) is 37.7 Å². The summed E-state index contributed by atoms with van der Waals surface area (Å²) in [5.41, 5.74) is 0.488. The Labute approximate surface area is 96.5 Å². The van der Waals surface area contributed by atoms with Crippen LogP contribution in [0.25, 0.3) is 0 Å². The molecule has 0 amide bonds. The lowest BCUT2D eigenvalue weighted by molar-refractivity contribution is 0.00578. The second-order valence-corrected chi connectivity index (χ2v) is 5.14. The van der Waals surface area contributed by atoms with Crippen LogP contribution in [0.15, 0.2) is 18.7 Å². The Balaban J connectivity index is 2.05. The van der Waals surface area contributed by atoms with Gasteiger partial charge in [-0.3, -0.25) is 0 Å². The van der Waals surface area contributed by atoms with Gasteiger partial charge in [-0.25, -0.2) is 9.97 Å². The molecule has 1 fully saturated rings. The van der Waals surface area contributed by atoms with E-state index < -0.39 is 0 Å². The summed E-state index contributed by atoms with van der Waals surface area (Å²) in [6.07, 6.45) is 5.79. The average Bonchev–Trinajstić information content (AvgIpc) is 2.36. The average molecular weight is 220 g/mol. The molecule has 0 aliphatic carbocycles. The standard InChI is InChI=1S/C11H17BN2O2/c1-10(2)11(3,4)16-12(15-10)5-9-6-13-8-14-7-9/h6-8H,5H2,1-4H3. The van der Waals surface area contributed by atoms with Crippen LogP contribution in [-0.2, 0) is 15.6 Å². The molecule has 0 radical (unpaired) electrons. The lowest BCUT2D eigenvalue weighted by Crippen LogP contribution is -2.41. The minimum absolute atomic E-state index is 0.212. The van der Waals surface area contributed by atoms with Crippen molar-refractivity contribution in [1.29, 1.82) is 0 Å². The van der Waals surface area contributed by atoms with Crippen molar-refractivity contribution in [2.24, 2.45) is 0 Å². The van der Waals surface area contributed by atoms with E-state index in [1.54, 1.807) is 12.4 Å². The van der Waals surface area contributed by atoms with Crippen molar-refractivity contribution in [3.05, 3.63) is 24.3 Å². The third-order valence-electron chi connectivity index (χ3n) is 3.32. The van der Waals surface area contributed by atoms with Crippen molar-refractivity contribution in [3.8, 4) is 0 Å². The number of hydrogen-bond donors (Lipinski definition) is 0. The monoisotopic (exact) mass is 220 g/mol. The smallest absolute Gasteiger partial charge is 0.403 e. The van der Waals surface area contributed by atoms with E-state index in [1.807, 2.05) is 0 Å². The summed E-state index contributed by atoms with van der Waals surface area (Å²) >= 11 is 0. The van der Waals surface area contributed by atoms with Gasteiger partial charge >= 0.3 is 7.12 Å². The minimum atomic E-state index is -0.271. The van der Waals surface area contributed by atoms with Gasteiger partial charge in [0.1, 0.15) is 6.33 Å². The van der Waals surface area contributed by atoms with Gasteiger partial charge < -0.3 is 9.31 Å². The Morgan fingerprint density at radius 3 is 2.06 bits per heavy atom. The molecule has 1 aromatic rings. The van der Waals surface area contributed by atoms with Crippen LogP contribution in [0.5, 0.6) is 0 Å². The maximum Gasteiger partial charge on any atom is 0.462 e. The highest BCUT2D eigenvalue weighted by molar-refractivity contribution is 6.44. The third kappa shape index (κ3) is 2.10. The summed E-state index contributed by atoms with van der Waals surface area (Å²) in [6, 6.07) is 0. The lowest BCUT2D eigenvalue weighted by atomic mass is 9.82. The molecule has 0 aromatic carbocycles. The molecule has 1 saturated heterocycles. The molecule has 1 aliphatic rings. The molecule has 0 atom stereocenters. The summed E-state index contributed by atoms with van der Waals surface area (Å²) in [5.74, 6) is 0. The van der Waals surface area contributed by atoms with Gasteiger partial charge in [0.05, 0.1) is 11.2 Å². The summed E-state index contributed by atoms with van der Waals surface area (Å²) < 4.78 is 11.8. The minimum Gasteiger partial charge on any atom is -0.403 e. The highest BCUT2D eigenvalue weighted by Gasteiger charge is 2.50. The molecule has 16 heavy (non-hydrogen) atoms. The molecule has 5 heteroatoms. The fourth-order valence-electron chi connectivity index (χ4n) is 1.68. The van der Waals surface area contributed by atoms with Crippen molar-refractivity contribution in [2.75, 3.05) is 0 Å². The van der Waals surface area contributed by atoms with Crippen molar-refractivity contribution in [3.63, 3.8) is 0 Å². The van der Waals surface area contributed by atoms with Crippen LogP contribution in [0, 0.1) is 0 Å². The largest absolute Gasteiger partial charge is 0.462 e. The fraction of sp³-hybridized carbons (Fsp3) is 0.636. The van der Waals surface area contributed by atoms with Gasteiger partial charge in [0.2, 0.25) is 0 Å². The number of nitrogens with zero attached hydrogens (tertiary/aromatic N) is 2. The molecule has 1 aliphatic heterocycles. The Morgan fingerprint density at radius 2 is 1.56 bits per heavy atom. The zero-order valence-electron chi connectivity index (χ0n) is 10.2. The summed E-state index contributed by atoms with van der Waals surface area (Å²) in [4.78, 5) is 7.95. The van der Waals surface area contributed by atoms with Gasteiger partial charge in [0.25, 0.3) is 0 Å². The van der Waals surface area contributed by atoms with Crippen LogP contribution in [0.4, 0.5) is 0 Å². The maximum absolute atomic E-state index is 5.89. The van der Waals surface area contributed by atoms with E-state index in [-0.39, 0.29) is 18.3 Å². The highest BCUT2D eigenvalue weighted by Crippen LogP contribution is 2.37. The van der Waals surface area contributed by atoms with E-state index in [4.69, 9.17) is 9.31 Å². The van der Waals surface area contributed by atoms with Gasteiger partial charge in [-0.1, -0.05) is 0 Å². The zero-order chi connectivity index (χ0) is 11.8. The second-order valence-electron chi connectivity index (χ2n) is 5.14. The maximum atomic E-state index is 5.89. The highest BCUT2D eigenvalue weighted by atomic mass is 16.7. The molecule has 86 valence electrons. The first kappa shape index (κ1) is 11.5. The zero-order valence-corrected chi connectivity index (χ0v) is 10.2. The van der Waals surface area contributed by atoms with Gasteiger partial charge in [-0.15, -0.1) is 0 Å². The van der Waals surface area contributed by atoms with E-state index >= 15 is 0 Å². The molecule has 0 spiro atoms. The first-order valence-corrected chi connectivity index (χ1v) is 5.50. The first-order valence-electron chi connectivity index (χ1n) is 5.50. The van der Waals surface area contributed by atoms with Crippen LogP contribution >= 0.6 is 0 Å². The van der Waals surface area contributed by atoms with Crippen LogP contribution in [0.2, 0.25) is 0 Å². The number of aromatic nitrogens is 2. The van der Waals surface area contributed by atoms with E-state index in [1.165, 1.54) is 6.33 Å². The van der Waals surface area contributed by atoms with Crippen molar-refractivity contribution >= 4 is 7.12 Å². The predicted octanol–water partition coefficient (Wildman–Crippen LogP) is 1.65.